The Morgan fingerprint density at radius 3 is 2.68 bits per heavy atom. The number of aryl methyl sites for hydroxylation is 1. The lowest BCUT2D eigenvalue weighted by atomic mass is 9.80. The minimum Gasteiger partial charge on any atom is -0.308 e. The number of alkyl halides is 1. The van der Waals surface area contributed by atoms with Crippen LogP contribution in [0.3, 0.4) is 0 Å². The summed E-state index contributed by atoms with van der Waals surface area (Å²) < 4.78 is 2.26. The van der Waals surface area contributed by atoms with Crippen LogP contribution in [-0.4, -0.2) is 14.5 Å². The summed E-state index contributed by atoms with van der Waals surface area (Å²) in [5.41, 5.74) is 3.09. The SMILES string of the molecule is Cc1cnc2c(c1)nc(C(C)Cl)n2C(C)C1CCC1. The van der Waals surface area contributed by atoms with Gasteiger partial charge >= 0.3 is 0 Å². The zero-order valence-corrected chi connectivity index (χ0v) is 12.5. The quantitative estimate of drug-likeness (QED) is 0.779. The highest BCUT2D eigenvalue weighted by molar-refractivity contribution is 6.20. The highest BCUT2D eigenvalue weighted by Gasteiger charge is 2.29. The predicted molar refractivity (Wildman–Crippen MR) is 78.6 cm³/mol. The molecule has 2 atom stereocenters. The molecule has 0 aliphatic heterocycles. The van der Waals surface area contributed by atoms with Gasteiger partial charge in [0.1, 0.15) is 11.3 Å². The van der Waals surface area contributed by atoms with Crippen LogP contribution in [0.25, 0.3) is 11.2 Å². The number of halogens is 1. The second-order valence-corrected chi connectivity index (χ2v) is 6.40. The van der Waals surface area contributed by atoms with Gasteiger partial charge in [-0.15, -0.1) is 11.6 Å². The monoisotopic (exact) mass is 277 g/mol. The zero-order chi connectivity index (χ0) is 13.6. The maximum atomic E-state index is 6.32. The lowest BCUT2D eigenvalue weighted by Crippen LogP contribution is -2.24. The summed E-state index contributed by atoms with van der Waals surface area (Å²) >= 11 is 6.32. The molecule has 2 aromatic rings. The molecular weight excluding hydrogens is 258 g/mol. The summed E-state index contributed by atoms with van der Waals surface area (Å²) in [5.74, 6) is 1.70. The fraction of sp³-hybridized carbons (Fsp3) is 0.600. The first-order valence-electron chi connectivity index (χ1n) is 7.06. The van der Waals surface area contributed by atoms with Crippen LogP contribution in [0, 0.1) is 12.8 Å². The molecule has 0 spiro atoms. The minimum absolute atomic E-state index is 0.0861. The maximum Gasteiger partial charge on any atom is 0.160 e. The summed E-state index contributed by atoms with van der Waals surface area (Å²) in [7, 11) is 0. The third-order valence-electron chi connectivity index (χ3n) is 4.29. The van der Waals surface area contributed by atoms with Crippen molar-refractivity contribution in [2.75, 3.05) is 0 Å². The lowest BCUT2D eigenvalue weighted by molar-refractivity contribution is 0.222. The van der Waals surface area contributed by atoms with E-state index in [2.05, 4.69) is 22.5 Å². The molecule has 1 aliphatic rings. The van der Waals surface area contributed by atoms with Crippen LogP contribution < -0.4 is 0 Å². The Morgan fingerprint density at radius 2 is 2.11 bits per heavy atom. The van der Waals surface area contributed by atoms with Gasteiger partial charge in [0.15, 0.2) is 5.65 Å². The molecule has 2 heterocycles. The number of rotatable bonds is 3. The minimum atomic E-state index is -0.0861. The molecule has 0 amide bonds. The van der Waals surface area contributed by atoms with E-state index in [1.54, 1.807) is 0 Å². The molecular formula is C15H20ClN3. The van der Waals surface area contributed by atoms with Gasteiger partial charge in [-0.3, -0.25) is 0 Å². The highest BCUT2D eigenvalue weighted by atomic mass is 35.5. The number of pyridine rings is 1. The first-order valence-corrected chi connectivity index (χ1v) is 7.50. The Balaban J connectivity index is 2.15. The van der Waals surface area contributed by atoms with E-state index in [4.69, 9.17) is 16.6 Å². The van der Waals surface area contributed by atoms with Crippen LogP contribution in [0.15, 0.2) is 12.3 Å². The number of imidazole rings is 1. The van der Waals surface area contributed by atoms with E-state index in [1.165, 1.54) is 19.3 Å². The number of nitrogens with zero attached hydrogens (tertiary/aromatic N) is 3. The Morgan fingerprint density at radius 1 is 1.37 bits per heavy atom. The van der Waals surface area contributed by atoms with Crippen molar-refractivity contribution in [2.45, 2.75) is 51.5 Å². The van der Waals surface area contributed by atoms with Crippen molar-refractivity contribution >= 4 is 22.8 Å². The second-order valence-electron chi connectivity index (χ2n) is 5.74. The zero-order valence-electron chi connectivity index (χ0n) is 11.7. The fourth-order valence-corrected chi connectivity index (χ4v) is 3.07. The van der Waals surface area contributed by atoms with Gasteiger partial charge in [-0.2, -0.15) is 0 Å². The van der Waals surface area contributed by atoms with Gasteiger partial charge in [0, 0.05) is 12.2 Å². The molecule has 3 rings (SSSR count). The molecule has 1 fully saturated rings. The van der Waals surface area contributed by atoms with Crippen molar-refractivity contribution in [3.8, 4) is 0 Å². The van der Waals surface area contributed by atoms with Crippen LogP contribution in [0.5, 0.6) is 0 Å². The normalized spacial score (nSPS) is 19.4. The average Bonchev–Trinajstić information content (AvgIpc) is 2.64. The van der Waals surface area contributed by atoms with Crippen molar-refractivity contribution in [1.29, 1.82) is 0 Å². The molecule has 4 heteroatoms. The van der Waals surface area contributed by atoms with E-state index in [-0.39, 0.29) is 5.38 Å². The molecule has 0 aromatic carbocycles. The average molecular weight is 278 g/mol. The lowest BCUT2D eigenvalue weighted by Gasteiger charge is -2.33. The molecule has 1 aliphatic carbocycles. The fourth-order valence-electron chi connectivity index (χ4n) is 2.92. The molecule has 2 aromatic heterocycles. The van der Waals surface area contributed by atoms with Gasteiger partial charge in [-0.05, 0) is 51.2 Å². The second kappa shape index (κ2) is 4.78. The van der Waals surface area contributed by atoms with Crippen LogP contribution in [-0.2, 0) is 0 Å². The van der Waals surface area contributed by atoms with Gasteiger partial charge in [0.2, 0.25) is 0 Å². The van der Waals surface area contributed by atoms with E-state index < -0.39 is 0 Å². The van der Waals surface area contributed by atoms with Crippen LogP contribution in [0.1, 0.15) is 55.9 Å². The summed E-state index contributed by atoms with van der Waals surface area (Å²) in [6.45, 7) is 6.31. The van der Waals surface area contributed by atoms with E-state index in [9.17, 15) is 0 Å². The predicted octanol–water partition coefficient (Wildman–Crippen LogP) is 4.40. The molecule has 2 unspecified atom stereocenters. The molecule has 1 saturated carbocycles. The molecule has 0 radical (unpaired) electrons. The van der Waals surface area contributed by atoms with E-state index >= 15 is 0 Å². The van der Waals surface area contributed by atoms with Crippen LogP contribution >= 0.6 is 11.6 Å². The first-order chi connectivity index (χ1) is 9.08. The van der Waals surface area contributed by atoms with Crippen molar-refractivity contribution in [3.63, 3.8) is 0 Å². The molecule has 102 valence electrons. The Hall–Kier alpha value is -1.09. The van der Waals surface area contributed by atoms with E-state index in [0.29, 0.717) is 6.04 Å². The van der Waals surface area contributed by atoms with Crippen molar-refractivity contribution in [2.24, 2.45) is 5.92 Å². The number of fused-ring (bicyclic) bond motifs is 1. The van der Waals surface area contributed by atoms with Gasteiger partial charge in [-0.1, -0.05) is 6.42 Å². The molecule has 3 nitrogen and oxygen atoms in total. The number of hydrogen-bond acceptors (Lipinski definition) is 2. The van der Waals surface area contributed by atoms with Crippen molar-refractivity contribution in [1.82, 2.24) is 14.5 Å². The Bertz CT molecular complexity index is 599. The largest absolute Gasteiger partial charge is 0.308 e. The standard InChI is InChI=1S/C15H20ClN3/c1-9-7-13-15(17-8-9)19(14(18-13)10(2)16)11(3)12-5-4-6-12/h7-8,10-12H,4-6H2,1-3H3. The van der Waals surface area contributed by atoms with Gasteiger partial charge in [0.05, 0.1) is 5.38 Å². The summed E-state index contributed by atoms with van der Waals surface area (Å²) in [5, 5.41) is -0.0861. The molecule has 0 saturated heterocycles. The van der Waals surface area contributed by atoms with Crippen LogP contribution in [0.4, 0.5) is 0 Å². The third-order valence-corrected chi connectivity index (χ3v) is 4.48. The van der Waals surface area contributed by atoms with E-state index in [1.807, 2.05) is 20.0 Å². The maximum absolute atomic E-state index is 6.32. The summed E-state index contributed by atoms with van der Waals surface area (Å²) in [6, 6.07) is 2.53. The van der Waals surface area contributed by atoms with Crippen molar-refractivity contribution in [3.05, 3.63) is 23.7 Å². The topological polar surface area (TPSA) is 30.7 Å². The summed E-state index contributed by atoms with van der Waals surface area (Å²) in [6.07, 6.45) is 5.88. The summed E-state index contributed by atoms with van der Waals surface area (Å²) in [4.78, 5) is 9.29. The first kappa shape index (κ1) is 12.9. The number of aromatic nitrogens is 3. The molecule has 19 heavy (non-hydrogen) atoms. The van der Waals surface area contributed by atoms with Crippen LogP contribution in [0.2, 0.25) is 0 Å². The third kappa shape index (κ3) is 2.14. The van der Waals surface area contributed by atoms with Gasteiger partial charge in [0.25, 0.3) is 0 Å². The smallest absolute Gasteiger partial charge is 0.160 e. The molecule has 0 N–H and O–H groups in total. The number of hydrogen-bond donors (Lipinski definition) is 0. The van der Waals surface area contributed by atoms with Gasteiger partial charge < -0.3 is 4.57 Å². The van der Waals surface area contributed by atoms with Gasteiger partial charge in [-0.25, -0.2) is 9.97 Å². The van der Waals surface area contributed by atoms with E-state index in [0.717, 1.165) is 28.5 Å². The Labute approximate surface area is 119 Å². The van der Waals surface area contributed by atoms with Crippen molar-refractivity contribution < 1.29 is 0 Å². The molecule has 0 bridgehead atoms. The Kier molecular flexibility index (Phi) is 3.25. The highest BCUT2D eigenvalue weighted by Crippen LogP contribution is 2.39.